The first kappa shape index (κ1) is 21.3. The lowest BCUT2D eigenvalue weighted by atomic mass is 9.85. The maximum Gasteiger partial charge on any atom is 0.325 e. The van der Waals surface area contributed by atoms with Gasteiger partial charge >= 0.3 is 6.03 Å². The summed E-state index contributed by atoms with van der Waals surface area (Å²) in [5.41, 5.74) is -1.38. The van der Waals surface area contributed by atoms with Crippen LogP contribution in [-0.4, -0.2) is 54.8 Å². The van der Waals surface area contributed by atoms with Crippen LogP contribution in [0.3, 0.4) is 0 Å². The lowest BCUT2D eigenvalue weighted by Crippen LogP contribution is -2.51. The average Bonchev–Trinajstić information content (AvgIpc) is 3.07. The standard InChI is InChI=1S/C20H27N3O5S/c1-3-4-10-20(15-8-6-5-7-9-15)17(25)23(18(26)22-20)13-16(24)21-19(2)11-12-29(27,28)14-19/h5-9H,3-4,10-14H2,1-2H3,(H,21,24)(H,22,26)/t19-,20+/m0/s1. The number of nitrogens with one attached hydrogen (secondary N) is 2. The van der Waals surface area contributed by atoms with Gasteiger partial charge in [0.05, 0.1) is 17.0 Å². The van der Waals surface area contributed by atoms with E-state index >= 15 is 0 Å². The second-order valence-electron chi connectivity index (χ2n) is 8.15. The Morgan fingerprint density at radius 2 is 1.93 bits per heavy atom. The van der Waals surface area contributed by atoms with E-state index in [1.54, 1.807) is 31.2 Å². The highest BCUT2D eigenvalue weighted by Gasteiger charge is 2.52. The van der Waals surface area contributed by atoms with Gasteiger partial charge in [0, 0.05) is 0 Å². The van der Waals surface area contributed by atoms with Crippen molar-refractivity contribution in [3.63, 3.8) is 0 Å². The van der Waals surface area contributed by atoms with E-state index in [4.69, 9.17) is 0 Å². The minimum atomic E-state index is -3.19. The molecule has 0 radical (unpaired) electrons. The molecule has 2 aliphatic heterocycles. The monoisotopic (exact) mass is 421 g/mol. The summed E-state index contributed by atoms with van der Waals surface area (Å²) in [4.78, 5) is 39.3. The zero-order chi connectivity index (χ0) is 21.3. The normalized spacial score (nSPS) is 28.4. The van der Waals surface area contributed by atoms with Crippen molar-refractivity contribution >= 4 is 27.7 Å². The number of rotatable bonds is 7. The molecule has 1 aromatic carbocycles. The predicted octanol–water partition coefficient (Wildman–Crippen LogP) is 1.32. The van der Waals surface area contributed by atoms with Gasteiger partial charge in [-0.15, -0.1) is 0 Å². The Morgan fingerprint density at radius 3 is 2.52 bits per heavy atom. The van der Waals surface area contributed by atoms with Crippen LogP contribution in [0.2, 0.25) is 0 Å². The third-order valence-electron chi connectivity index (χ3n) is 5.59. The number of imide groups is 1. The number of nitrogens with zero attached hydrogens (tertiary/aromatic N) is 1. The van der Waals surface area contributed by atoms with Crippen LogP contribution in [-0.2, 0) is 25.0 Å². The first-order chi connectivity index (χ1) is 13.6. The number of urea groups is 1. The maximum atomic E-state index is 13.3. The second kappa shape index (κ2) is 7.78. The fourth-order valence-electron chi connectivity index (χ4n) is 4.07. The van der Waals surface area contributed by atoms with Crippen molar-refractivity contribution in [3.05, 3.63) is 35.9 Å². The summed E-state index contributed by atoms with van der Waals surface area (Å²) in [5, 5.41) is 5.50. The van der Waals surface area contributed by atoms with Crippen molar-refractivity contribution in [3.8, 4) is 0 Å². The largest absolute Gasteiger partial charge is 0.348 e. The van der Waals surface area contributed by atoms with Gasteiger partial charge < -0.3 is 10.6 Å². The van der Waals surface area contributed by atoms with E-state index in [0.717, 1.165) is 17.7 Å². The molecular formula is C20H27N3O5S. The molecule has 0 aromatic heterocycles. The first-order valence-electron chi connectivity index (χ1n) is 9.82. The second-order valence-corrected chi connectivity index (χ2v) is 10.3. The van der Waals surface area contributed by atoms with Gasteiger partial charge in [0.25, 0.3) is 5.91 Å². The highest BCUT2D eigenvalue weighted by molar-refractivity contribution is 7.91. The van der Waals surface area contributed by atoms with Gasteiger partial charge in [0.15, 0.2) is 9.84 Å². The molecule has 9 heteroatoms. The smallest absolute Gasteiger partial charge is 0.325 e. The Hall–Kier alpha value is -2.42. The molecule has 0 bridgehead atoms. The third-order valence-corrected chi connectivity index (χ3v) is 7.50. The molecule has 2 N–H and O–H groups in total. The van der Waals surface area contributed by atoms with Gasteiger partial charge in [0.1, 0.15) is 12.1 Å². The van der Waals surface area contributed by atoms with Crippen molar-refractivity contribution in [2.45, 2.75) is 50.6 Å². The summed E-state index contributed by atoms with van der Waals surface area (Å²) in [6, 6.07) is 8.41. The molecule has 1 aromatic rings. The SMILES string of the molecule is CCCC[C@]1(c2ccccc2)NC(=O)N(CC(=O)N[C@@]2(C)CCS(=O)(=O)C2)C1=O. The van der Waals surface area contributed by atoms with Crippen LogP contribution in [0, 0.1) is 0 Å². The van der Waals surface area contributed by atoms with Gasteiger partial charge in [-0.25, -0.2) is 13.2 Å². The van der Waals surface area contributed by atoms with Crippen LogP contribution in [0.1, 0.15) is 45.1 Å². The van der Waals surface area contributed by atoms with Crippen molar-refractivity contribution in [1.82, 2.24) is 15.5 Å². The van der Waals surface area contributed by atoms with Crippen LogP contribution in [0.15, 0.2) is 30.3 Å². The average molecular weight is 422 g/mol. The number of sulfone groups is 1. The summed E-state index contributed by atoms with van der Waals surface area (Å²) in [7, 11) is -3.19. The molecule has 0 aliphatic carbocycles. The summed E-state index contributed by atoms with van der Waals surface area (Å²) < 4.78 is 23.5. The Balaban J connectivity index is 1.78. The quantitative estimate of drug-likeness (QED) is 0.645. The molecule has 2 atom stereocenters. The molecule has 2 saturated heterocycles. The van der Waals surface area contributed by atoms with Crippen LogP contribution in [0.25, 0.3) is 0 Å². The van der Waals surface area contributed by atoms with Crippen LogP contribution >= 0.6 is 0 Å². The van der Waals surface area contributed by atoms with Crippen molar-refractivity contribution in [2.75, 3.05) is 18.1 Å². The molecule has 2 fully saturated rings. The first-order valence-corrected chi connectivity index (χ1v) is 11.6. The van der Waals surface area contributed by atoms with Crippen LogP contribution < -0.4 is 10.6 Å². The van der Waals surface area contributed by atoms with Gasteiger partial charge in [0.2, 0.25) is 5.91 Å². The van der Waals surface area contributed by atoms with E-state index in [-0.39, 0.29) is 11.5 Å². The van der Waals surface area contributed by atoms with Crippen LogP contribution in [0.5, 0.6) is 0 Å². The van der Waals surface area contributed by atoms with Crippen LogP contribution in [0.4, 0.5) is 4.79 Å². The van der Waals surface area contributed by atoms with Gasteiger partial charge in [-0.3, -0.25) is 14.5 Å². The number of amides is 4. The Labute approximate surface area is 170 Å². The lowest BCUT2D eigenvalue weighted by Gasteiger charge is -2.28. The minimum absolute atomic E-state index is 0.0149. The molecule has 3 rings (SSSR count). The zero-order valence-electron chi connectivity index (χ0n) is 16.7. The molecule has 0 spiro atoms. The van der Waals surface area contributed by atoms with Crippen molar-refractivity contribution in [2.24, 2.45) is 0 Å². The molecular weight excluding hydrogens is 394 g/mol. The molecule has 158 valence electrons. The highest BCUT2D eigenvalue weighted by Crippen LogP contribution is 2.34. The fraction of sp³-hybridized carbons (Fsp3) is 0.550. The van der Waals surface area contributed by atoms with Crippen molar-refractivity contribution in [1.29, 1.82) is 0 Å². The molecule has 8 nitrogen and oxygen atoms in total. The molecule has 2 heterocycles. The number of carbonyl (C=O) groups excluding carboxylic acids is 3. The Morgan fingerprint density at radius 1 is 1.24 bits per heavy atom. The maximum absolute atomic E-state index is 13.3. The van der Waals surface area contributed by atoms with Crippen molar-refractivity contribution < 1.29 is 22.8 Å². The molecule has 0 saturated carbocycles. The lowest BCUT2D eigenvalue weighted by molar-refractivity contribution is -0.136. The summed E-state index contributed by atoms with van der Waals surface area (Å²) in [6.45, 7) is 3.22. The van der Waals surface area contributed by atoms with Gasteiger partial charge in [-0.05, 0) is 25.3 Å². The number of unbranched alkanes of at least 4 members (excludes halogenated alkanes) is 1. The summed E-state index contributed by atoms with van der Waals surface area (Å²) >= 11 is 0. The highest BCUT2D eigenvalue weighted by atomic mass is 32.2. The summed E-state index contributed by atoms with van der Waals surface area (Å²) in [6.07, 6.45) is 2.33. The van der Waals surface area contributed by atoms with Gasteiger partial charge in [-0.1, -0.05) is 50.1 Å². The predicted molar refractivity (Wildman–Crippen MR) is 108 cm³/mol. The Bertz CT molecular complexity index is 917. The number of hydrogen-bond acceptors (Lipinski definition) is 5. The number of benzene rings is 1. The molecule has 29 heavy (non-hydrogen) atoms. The zero-order valence-corrected chi connectivity index (χ0v) is 17.5. The van der Waals surface area contributed by atoms with Gasteiger partial charge in [-0.2, -0.15) is 0 Å². The third kappa shape index (κ3) is 4.29. The van der Waals surface area contributed by atoms with E-state index in [1.165, 1.54) is 0 Å². The van der Waals surface area contributed by atoms with E-state index in [2.05, 4.69) is 10.6 Å². The topological polar surface area (TPSA) is 113 Å². The minimum Gasteiger partial charge on any atom is -0.348 e. The fourth-order valence-corrected chi connectivity index (χ4v) is 6.17. The molecule has 0 unspecified atom stereocenters. The molecule has 2 aliphatic rings. The number of hydrogen-bond donors (Lipinski definition) is 2. The van der Waals surface area contributed by atoms with E-state index in [0.29, 0.717) is 18.4 Å². The van der Waals surface area contributed by atoms with E-state index < -0.39 is 45.3 Å². The summed E-state index contributed by atoms with van der Waals surface area (Å²) in [5.74, 6) is -1.13. The Kier molecular flexibility index (Phi) is 5.71. The number of carbonyl (C=O) groups is 3. The van der Waals surface area contributed by atoms with E-state index in [9.17, 15) is 22.8 Å². The molecule has 4 amide bonds. The van der Waals surface area contributed by atoms with E-state index in [1.807, 2.05) is 13.0 Å².